The smallest absolute Gasteiger partial charge is 0.272 e. The van der Waals surface area contributed by atoms with Gasteiger partial charge in [0.1, 0.15) is 0 Å². The number of aromatic nitrogens is 2. The normalized spacial score (nSPS) is 32.0. The van der Waals surface area contributed by atoms with Crippen LogP contribution in [0.15, 0.2) is 29.1 Å². The fourth-order valence-electron chi connectivity index (χ4n) is 4.15. The molecule has 1 heterocycles. The molecule has 2 aliphatic carbocycles. The number of aromatic amines is 1. The molecule has 4 rings (SSSR count). The van der Waals surface area contributed by atoms with Crippen LogP contribution in [0.5, 0.6) is 0 Å². The van der Waals surface area contributed by atoms with E-state index in [0.29, 0.717) is 17.4 Å². The lowest BCUT2D eigenvalue weighted by Crippen LogP contribution is -2.53. The number of fused-ring (bicyclic) bond motifs is 1. The molecular formula is C16H19N3O. The van der Waals surface area contributed by atoms with Crippen LogP contribution in [0.2, 0.25) is 0 Å². The molecule has 2 aliphatic rings. The summed E-state index contributed by atoms with van der Waals surface area (Å²) in [7, 11) is 2.05. The Bertz CT molecular complexity index is 707. The van der Waals surface area contributed by atoms with Crippen molar-refractivity contribution in [1.82, 2.24) is 15.5 Å². The predicted octanol–water partition coefficient (Wildman–Crippen LogP) is 2.17. The van der Waals surface area contributed by atoms with E-state index in [1.807, 2.05) is 31.3 Å². The van der Waals surface area contributed by atoms with Gasteiger partial charge in [0.15, 0.2) is 0 Å². The molecule has 20 heavy (non-hydrogen) atoms. The lowest BCUT2D eigenvalue weighted by molar-refractivity contribution is -0.0192. The van der Waals surface area contributed by atoms with E-state index in [4.69, 9.17) is 0 Å². The van der Waals surface area contributed by atoms with Gasteiger partial charge in [0.05, 0.1) is 11.1 Å². The molecule has 2 N–H and O–H groups in total. The maximum absolute atomic E-state index is 11.8. The van der Waals surface area contributed by atoms with Crippen LogP contribution >= 0.6 is 0 Å². The predicted molar refractivity (Wildman–Crippen MR) is 78.9 cm³/mol. The van der Waals surface area contributed by atoms with Crippen LogP contribution in [0.3, 0.4) is 0 Å². The Balaban J connectivity index is 1.62. The van der Waals surface area contributed by atoms with Gasteiger partial charge in [-0.2, -0.15) is 5.10 Å². The Morgan fingerprint density at radius 2 is 1.90 bits per heavy atom. The zero-order chi connectivity index (χ0) is 13.7. The van der Waals surface area contributed by atoms with Crippen LogP contribution in [0.4, 0.5) is 0 Å². The first-order valence-electron chi connectivity index (χ1n) is 7.35. The highest BCUT2D eigenvalue weighted by atomic mass is 16.1. The van der Waals surface area contributed by atoms with Gasteiger partial charge in [-0.3, -0.25) is 4.79 Å². The molecule has 1 spiro atoms. The van der Waals surface area contributed by atoms with Crippen molar-refractivity contribution in [3.8, 4) is 0 Å². The van der Waals surface area contributed by atoms with E-state index in [0.717, 1.165) is 16.5 Å². The molecule has 1 aromatic carbocycles. The van der Waals surface area contributed by atoms with Gasteiger partial charge in [-0.1, -0.05) is 18.2 Å². The summed E-state index contributed by atoms with van der Waals surface area (Å²) in [6.07, 6.45) is 5.02. The highest BCUT2D eigenvalue weighted by Crippen LogP contribution is 2.61. The van der Waals surface area contributed by atoms with Gasteiger partial charge < -0.3 is 5.32 Å². The van der Waals surface area contributed by atoms with E-state index in [-0.39, 0.29) is 5.56 Å². The van der Waals surface area contributed by atoms with Gasteiger partial charge in [-0.25, -0.2) is 5.10 Å². The minimum Gasteiger partial charge on any atom is -0.317 e. The molecule has 0 amide bonds. The SMILES string of the molecule is CNC1CC2(C1)CC(c1n[nH]c(=O)c3ccccc13)C2. The van der Waals surface area contributed by atoms with E-state index in [2.05, 4.69) is 15.5 Å². The lowest BCUT2D eigenvalue weighted by Gasteiger charge is -2.57. The van der Waals surface area contributed by atoms with Gasteiger partial charge in [0, 0.05) is 17.3 Å². The molecule has 0 radical (unpaired) electrons. The molecule has 0 aliphatic heterocycles. The number of nitrogens with zero attached hydrogens (tertiary/aromatic N) is 1. The number of benzene rings is 1. The highest BCUT2D eigenvalue weighted by molar-refractivity contribution is 5.83. The second-order valence-corrected chi connectivity index (χ2v) is 6.48. The number of nitrogens with one attached hydrogen (secondary N) is 2. The van der Waals surface area contributed by atoms with Crippen molar-refractivity contribution in [2.24, 2.45) is 5.41 Å². The quantitative estimate of drug-likeness (QED) is 0.878. The summed E-state index contributed by atoms with van der Waals surface area (Å²) in [6.45, 7) is 0. The van der Waals surface area contributed by atoms with Crippen LogP contribution < -0.4 is 10.9 Å². The van der Waals surface area contributed by atoms with Crippen molar-refractivity contribution in [1.29, 1.82) is 0 Å². The van der Waals surface area contributed by atoms with Crippen molar-refractivity contribution in [2.45, 2.75) is 37.6 Å². The van der Waals surface area contributed by atoms with Crippen molar-refractivity contribution < 1.29 is 0 Å². The first-order valence-corrected chi connectivity index (χ1v) is 7.35. The van der Waals surface area contributed by atoms with Crippen molar-refractivity contribution in [2.75, 3.05) is 7.05 Å². The molecule has 1 aromatic heterocycles. The zero-order valence-corrected chi connectivity index (χ0v) is 11.6. The molecule has 4 nitrogen and oxygen atoms in total. The average Bonchev–Trinajstić information content (AvgIpc) is 2.38. The first kappa shape index (κ1) is 12.1. The highest BCUT2D eigenvalue weighted by Gasteiger charge is 2.53. The third kappa shape index (κ3) is 1.64. The number of H-pyrrole nitrogens is 1. The minimum absolute atomic E-state index is 0.0859. The molecule has 2 fully saturated rings. The van der Waals surface area contributed by atoms with Crippen LogP contribution in [-0.4, -0.2) is 23.3 Å². The Kier molecular flexibility index (Phi) is 2.51. The van der Waals surface area contributed by atoms with Crippen molar-refractivity contribution in [3.05, 3.63) is 40.3 Å². The maximum Gasteiger partial charge on any atom is 0.272 e. The van der Waals surface area contributed by atoms with E-state index in [1.165, 1.54) is 25.7 Å². The summed E-state index contributed by atoms with van der Waals surface area (Å²) >= 11 is 0. The molecule has 4 heteroatoms. The Hall–Kier alpha value is -1.68. The van der Waals surface area contributed by atoms with Gasteiger partial charge in [0.2, 0.25) is 0 Å². The summed E-state index contributed by atoms with van der Waals surface area (Å²) < 4.78 is 0. The van der Waals surface area contributed by atoms with Crippen LogP contribution in [-0.2, 0) is 0 Å². The van der Waals surface area contributed by atoms with Crippen LogP contribution in [0.25, 0.3) is 10.8 Å². The van der Waals surface area contributed by atoms with Gasteiger partial charge in [-0.05, 0) is 44.2 Å². The summed E-state index contributed by atoms with van der Waals surface area (Å²) in [5.74, 6) is 0.509. The summed E-state index contributed by atoms with van der Waals surface area (Å²) in [6, 6.07) is 8.51. The van der Waals surface area contributed by atoms with Gasteiger partial charge >= 0.3 is 0 Å². The fraction of sp³-hybridized carbons (Fsp3) is 0.500. The standard InChI is InChI=1S/C16H19N3O/c1-17-11-8-16(9-11)6-10(7-16)14-12-4-2-3-5-13(12)15(20)19-18-14/h2-5,10-11,17H,6-9H2,1H3,(H,19,20). The molecule has 2 saturated carbocycles. The minimum atomic E-state index is -0.0859. The number of hydrogen-bond acceptors (Lipinski definition) is 3. The Morgan fingerprint density at radius 3 is 2.60 bits per heavy atom. The van der Waals surface area contributed by atoms with E-state index in [1.54, 1.807) is 0 Å². The van der Waals surface area contributed by atoms with Crippen LogP contribution in [0, 0.1) is 5.41 Å². The lowest BCUT2D eigenvalue weighted by atomic mass is 9.49. The molecule has 104 valence electrons. The fourth-order valence-corrected chi connectivity index (χ4v) is 4.15. The molecule has 0 unspecified atom stereocenters. The summed E-state index contributed by atoms with van der Waals surface area (Å²) in [5, 5.41) is 12.1. The van der Waals surface area contributed by atoms with E-state index in [9.17, 15) is 4.79 Å². The Morgan fingerprint density at radius 1 is 1.20 bits per heavy atom. The zero-order valence-electron chi connectivity index (χ0n) is 11.6. The third-order valence-electron chi connectivity index (χ3n) is 5.24. The maximum atomic E-state index is 11.8. The monoisotopic (exact) mass is 269 g/mol. The topological polar surface area (TPSA) is 57.8 Å². The van der Waals surface area contributed by atoms with E-state index >= 15 is 0 Å². The molecule has 0 bridgehead atoms. The number of hydrogen-bond donors (Lipinski definition) is 2. The van der Waals surface area contributed by atoms with Crippen molar-refractivity contribution in [3.63, 3.8) is 0 Å². The number of rotatable bonds is 2. The second kappa shape index (κ2) is 4.16. The second-order valence-electron chi connectivity index (χ2n) is 6.48. The van der Waals surface area contributed by atoms with E-state index < -0.39 is 0 Å². The molecular weight excluding hydrogens is 250 g/mol. The molecule has 2 aromatic rings. The average molecular weight is 269 g/mol. The van der Waals surface area contributed by atoms with Crippen LogP contribution in [0.1, 0.15) is 37.3 Å². The molecule has 0 atom stereocenters. The van der Waals surface area contributed by atoms with Gasteiger partial charge in [0.25, 0.3) is 5.56 Å². The summed E-state index contributed by atoms with van der Waals surface area (Å²) in [5.41, 5.74) is 1.55. The van der Waals surface area contributed by atoms with Crippen molar-refractivity contribution >= 4 is 10.8 Å². The third-order valence-corrected chi connectivity index (χ3v) is 5.24. The largest absolute Gasteiger partial charge is 0.317 e. The Labute approximate surface area is 117 Å². The summed E-state index contributed by atoms with van der Waals surface area (Å²) in [4.78, 5) is 11.8. The molecule has 0 saturated heterocycles. The van der Waals surface area contributed by atoms with Gasteiger partial charge in [-0.15, -0.1) is 0 Å². The first-order chi connectivity index (χ1) is 9.71.